The molecule has 0 saturated heterocycles. The van der Waals surface area contributed by atoms with Crippen molar-refractivity contribution in [2.45, 2.75) is 39.8 Å². The van der Waals surface area contributed by atoms with Gasteiger partial charge < -0.3 is 19.7 Å². The second kappa shape index (κ2) is 12.4. The van der Waals surface area contributed by atoms with E-state index in [0.717, 1.165) is 20.8 Å². The number of hydrogen-bond donors (Lipinski definition) is 1. The SMILES string of the molecule is CCCNC(=O)[C@@H](C)N(Cc1ccc(Br)cc1)C(=O)CN(c1ccc2c(c1)OCCO2)S(=O)(=O)CC. The van der Waals surface area contributed by atoms with Crippen molar-refractivity contribution in [2.75, 3.05) is 36.4 Å². The van der Waals surface area contributed by atoms with E-state index in [1.54, 1.807) is 25.1 Å². The molecule has 0 fully saturated rings. The van der Waals surface area contributed by atoms with Crippen molar-refractivity contribution in [3.63, 3.8) is 0 Å². The van der Waals surface area contributed by atoms with Gasteiger partial charge in [0, 0.05) is 23.6 Å². The number of sulfonamides is 1. The zero-order chi connectivity index (χ0) is 26.3. The van der Waals surface area contributed by atoms with Gasteiger partial charge in [-0.15, -0.1) is 0 Å². The number of hydrogen-bond acceptors (Lipinski definition) is 6. The standard InChI is InChI=1S/C25H32BrN3O6S/c1-4-12-27-25(31)18(3)28(16-19-6-8-20(26)9-7-19)24(30)17-29(36(32,33)5-2)21-10-11-22-23(15-21)35-14-13-34-22/h6-11,15,18H,4-5,12-14,16-17H2,1-3H3,(H,27,31)/t18-/m1/s1. The fourth-order valence-electron chi connectivity index (χ4n) is 3.67. The van der Waals surface area contributed by atoms with Crippen LogP contribution in [0.25, 0.3) is 0 Å². The van der Waals surface area contributed by atoms with Crippen LogP contribution in [0.2, 0.25) is 0 Å². The van der Waals surface area contributed by atoms with Gasteiger partial charge in [-0.05, 0) is 50.1 Å². The number of nitrogens with zero attached hydrogens (tertiary/aromatic N) is 2. The number of carbonyl (C=O) groups is 2. The Labute approximate surface area is 220 Å². The number of rotatable bonds is 11. The van der Waals surface area contributed by atoms with Crippen LogP contribution in [0.1, 0.15) is 32.8 Å². The molecule has 2 aromatic rings. The Hall–Kier alpha value is -2.79. The molecule has 9 nitrogen and oxygen atoms in total. The molecule has 0 radical (unpaired) electrons. The topological polar surface area (TPSA) is 105 Å². The van der Waals surface area contributed by atoms with Crippen LogP contribution >= 0.6 is 15.9 Å². The summed E-state index contributed by atoms with van der Waals surface area (Å²) in [5.74, 6) is -0.0612. The first-order chi connectivity index (χ1) is 17.2. The number of ether oxygens (including phenoxy) is 2. The lowest BCUT2D eigenvalue weighted by molar-refractivity contribution is -0.139. The first-order valence-electron chi connectivity index (χ1n) is 11.9. The molecule has 0 spiro atoms. The highest BCUT2D eigenvalue weighted by molar-refractivity contribution is 9.10. The van der Waals surface area contributed by atoms with Crippen molar-refractivity contribution in [3.05, 3.63) is 52.5 Å². The largest absolute Gasteiger partial charge is 0.486 e. The number of amides is 2. The fraction of sp³-hybridized carbons (Fsp3) is 0.440. The zero-order valence-electron chi connectivity index (χ0n) is 20.7. The third-order valence-corrected chi connectivity index (χ3v) is 8.05. The molecule has 2 aromatic carbocycles. The molecule has 1 aliphatic rings. The lowest BCUT2D eigenvalue weighted by Gasteiger charge is -2.32. The maximum absolute atomic E-state index is 13.6. The Morgan fingerprint density at radius 1 is 1.06 bits per heavy atom. The van der Waals surface area contributed by atoms with Crippen molar-refractivity contribution >= 4 is 43.5 Å². The van der Waals surface area contributed by atoms with Gasteiger partial charge in [-0.1, -0.05) is 35.0 Å². The summed E-state index contributed by atoms with van der Waals surface area (Å²) in [6.07, 6.45) is 0.756. The van der Waals surface area contributed by atoms with Crippen molar-refractivity contribution < 1.29 is 27.5 Å². The first-order valence-corrected chi connectivity index (χ1v) is 14.3. The normalized spacial score (nSPS) is 13.6. The average Bonchev–Trinajstić information content (AvgIpc) is 2.89. The minimum atomic E-state index is -3.82. The molecule has 1 N–H and O–H groups in total. The van der Waals surface area contributed by atoms with Gasteiger partial charge in [0.15, 0.2) is 11.5 Å². The molecule has 0 aliphatic carbocycles. The van der Waals surface area contributed by atoms with Crippen LogP contribution in [-0.4, -0.2) is 63.2 Å². The van der Waals surface area contributed by atoms with E-state index in [2.05, 4.69) is 21.2 Å². The van der Waals surface area contributed by atoms with Crippen LogP contribution in [0.3, 0.4) is 0 Å². The third-order valence-electron chi connectivity index (χ3n) is 5.78. The van der Waals surface area contributed by atoms with E-state index >= 15 is 0 Å². The Kier molecular flexibility index (Phi) is 9.61. The summed E-state index contributed by atoms with van der Waals surface area (Å²) >= 11 is 3.40. The van der Waals surface area contributed by atoms with Crippen molar-refractivity contribution in [1.82, 2.24) is 10.2 Å². The minimum absolute atomic E-state index is 0.147. The van der Waals surface area contributed by atoms with Crippen molar-refractivity contribution in [2.24, 2.45) is 0 Å². The summed E-state index contributed by atoms with van der Waals surface area (Å²) < 4.78 is 39.2. The highest BCUT2D eigenvalue weighted by Gasteiger charge is 2.31. The number of nitrogens with one attached hydrogen (secondary N) is 1. The summed E-state index contributed by atoms with van der Waals surface area (Å²) in [5, 5.41) is 2.82. The lowest BCUT2D eigenvalue weighted by atomic mass is 10.1. The fourth-order valence-corrected chi connectivity index (χ4v) is 4.99. The maximum atomic E-state index is 13.6. The van der Waals surface area contributed by atoms with Crippen LogP contribution in [-0.2, 0) is 26.2 Å². The summed E-state index contributed by atoms with van der Waals surface area (Å²) in [7, 11) is -3.82. The van der Waals surface area contributed by atoms with Gasteiger partial charge in [-0.25, -0.2) is 8.42 Å². The number of halogens is 1. The smallest absolute Gasteiger partial charge is 0.244 e. The third kappa shape index (κ3) is 6.91. The number of fused-ring (bicyclic) bond motifs is 1. The highest BCUT2D eigenvalue weighted by atomic mass is 79.9. The molecule has 36 heavy (non-hydrogen) atoms. The van der Waals surface area contributed by atoms with Gasteiger partial charge >= 0.3 is 0 Å². The zero-order valence-corrected chi connectivity index (χ0v) is 23.1. The van der Waals surface area contributed by atoms with Crippen molar-refractivity contribution in [3.8, 4) is 11.5 Å². The van der Waals surface area contributed by atoms with Crippen LogP contribution < -0.4 is 19.1 Å². The van der Waals surface area contributed by atoms with E-state index in [1.807, 2.05) is 31.2 Å². The molecule has 1 atom stereocenters. The van der Waals surface area contributed by atoms with E-state index < -0.39 is 28.5 Å². The molecular formula is C25H32BrN3O6S. The van der Waals surface area contributed by atoms with E-state index in [-0.39, 0.29) is 18.2 Å². The van der Waals surface area contributed by atoms with Gasteiger partial charge in [0.05, 0.1) is 11.4 Å². The van der Waals surface area contributed by atoms with Gasteiger partial charge in [0.2, 0.25) is 21.8 Å². The van der Waals surface area contributed by atoms with Crippen LogP contribution in [0.4, 0.5) is 5.69 Å². The minimum Gasteiger partial charge on any atom is -0.486 e. The average molecular weight is 583 g/mol. The molecule has 1 aliphatic heterocycles. The van der Waals surface area contributed by atoms with Crippen molar-refractivity contribution in [1.29, 1.82) is 0 Å². The van der Waals surface area contributed by atoms with Crippen LogP contribution in [0.5, 0.6) is 11.5 Å². The van der Waals surface area contributed by atoms with E-state index in [0.29, 0.717) is 36.9 Å². The van der Waals surface area contributed by atoms with Crippen LogP contribution in [0, 0.1) is 0 Å². The van der Waals surface area contributed by atoms with E-state index in [4.69, 9.17) is 9.47 Å². The Morgan fingerprint density at radius 2 is 1.72 bits per heavy atom. The van der Waals surface area contributed by atoms with Gasteiger partial charge in [-0.2, -0.15) is 0 Å². The summed E-state index contributed by atoms with van der Waals surface area (Å²) in [6, 6.07) is 11.4. The molecule has 196 valence electrons. The molecule has 0 unspecified atom stereocenters. The number of anilines is 1. The van der Waals surface area contributed by atoms with E-state index in [9.17, 15) is 18.0 Å². The quantitative estimate of drug-likeness (QED) is 0.436. The maximum Gasteiger partial charge on any atom is 0.244 e. The molecule has 3 rings (SSSR count). The highest BCUT2D eigenvalue weighted by Crippen LogP contribution is 2.35. The van der Waals surface area contributed by atoms with Crippen LogP contribution in [0.15, 0.2) is 46.9 Å². The predicted octanol–water partition coefficient (Wildman–Crippen LogP) is 3.32. The van der Waals surface area contributed by atoms with Gasteiger partial charge in [0.1, 0.15) is 25.8 Å². The Morgan fingerprint density at radius 3 is 2.36 bits per heavy atom. The molecule has 2 amide bonds. The lowest BCUT2D eigenvalue weighted by Crippen LogP contribution is -2.51. The Bertz CT molecular complexity index is 1170. The number of benzene rings is 2. The monoisotopic (exact) mass is 581 g/mol. The molecule has 0 saturated carbocycles. The summed E-state index contributed by atoms with van der Waals surface area (Å²) in [4.78, 5) is 27.8. The molecule has 1 heterocycles. The van der Waals surface area contributed by atoms with Gasteiger partial charge in [-0.3, -0.25) is 13.9 Å². The summed E-state index contributed by atoms with van der Waals surface area (Å²) in [6.45, 7) is 6.03. The first kappa shape index (κ1) is 27.8. The number of carbonyl (C=O) groups excluding carboxylic acids is 2. The summed E-state index contributed by atoms with van der Waals surface area (Å²) in [5.41, 5.74) is 1.10. The predicted molar refractivity (Wildman–Crippen MR) is 142 cm³/mol. The molecule has 11 heteroatoms. The van der Waals surface area contributed by atoms with Gasteiger partial charge in [0.25, 0.3) is 0 Å². The second-order valence-corrected chi connectivity index (χ2v) is 11.4. The second-order valence-electron chi connectivity index (χ2n) is 8.35. The molecular weight excluding hydrogens is 550 g/mol. The molecule has 0 bridgehead atoms. The molecule has 0 aromatic heterocycles. The van der Waals surface area contributed by atoms with E-state index in [1.165, 1.54) is 11.8 Å². The Balaban J connectivity index is 1.93.